The Kier molecular flexibility index (Phi) is 4.75. The highest BCUT2D eigenvalue weighted by atomic mass is 16.3. The zero-order valence-electron chi connectivity index (χ0n) is 10.4. The van der Waals surface area contributed by atoms with Crippen LogP contribution in [0.25, 0.3) is 0 Å². The first kappa shape index (κ1) is 13.3. The van der Waals surface area contributed by atoms with Crippen LogP contribution in [0.2, 0.25) is 0 Å². The smallest absolute Gasteiger partial charge is 0.289 e. The molecule has 1 unspecified atom stereocenters. The Labute approximate surface area is 101 Å². The Balaban J connectivity index is 2.46. The third-order valence-electron chi connectivity index (χ3n) is 2.48. The first-order valence-corrected chi connectivity index (χ1v) is 5.63. The van der Waals surface area contributed by atoms with E-state index in [0.29, 0.717) is 0 Å². The quantitative estimate of drug-likeness (QED) is 0.840. The molecule has 0 bridgehead atoms. The SMILES string of the molecule is CCC(C)NC(=O)CN(C)C(=O)c1ccco1. The average Bonchev–Trinajstić information content (AvgIpc) is 2.80. The van der Waals surface area contributed by atoms with Crippen molar-refractivity contribution in [2.75, 3.05) is 13.6 Å². The molecule has 5 nitrogen and oxygen atoms in total. The first-order chi connectivity index (χ1) is 8.04. The van der Waals surface area contributed by atoms with Gasteiger partial charge in [-0.3, -0.25) is 9.59 Å². The lowest BCUT2D eigenvalue weighted by molar-refractivity contribution is -0.122. The molecule has 0 fully saturated rings. The average molecular weight is 238 g/mol. The van der Waals surface area contributed by atoms with Crippen molar-refractivity contribution in [3.63, 3.8) is 0 Å². The molecule has 0 spiro atoms. The third kappa shape index (κ3) is 3.94. The molecule has 0 aliphatic carbocycles. The molecule has 5 heteroatoms. The molecule has 0 aromatic carbocycles. The van der Waals surface area contributed by atoms with E-state index in [4.69, 9.17) is 4.42 Å². The minimum absolute atomic E-state index is 0.0316. The minimum Gasteiger partial charge on any atom is -0.459 e. The highest BCUT2D eigenvalue weighted by Crippen LogP contribution is 2.03. The Morgan fingerprint density at radius 3 is 2.76 bits per heavy atom. The molecule has 1 heterocycles. The van der Waals surface area contributed by atoms with E-state index in [1.807, 2.05) is 13.8 Å². The van der Waals surface area contributed by atoms with Crippen molar-refractivity contribution < 1.29 is 14.0 Å². The van der Waals surface area contributed by atoms with E-state index in [1.54, 1.807) is 19.2 Å². The monoisotopic (exact) mass is 238 g/mol. The van der Waals surface area contributed by atoms with Gasteiger partial charge in [-0.15, -0.1) is 0 Å². The van der Waals surface area contributed by atoms with E-state index in [1.165, 1.54) is 11.2 Å². The number of likely N-dealkylation sites (N-methyl/N-ethyl adjacent to an activating group) is 1. The summed E-state index contributed by atoms with van der Waals surface area (Å²) in [5, 5.41) is 2.80. The predicted molar refractivity (Wildman–Crippen MR) is 63.6 cm³/mol. The lowest BCUT2D eigenvalue weighted by Gasteiger charge is -2.17. The van der Waals surface area contributed by atoms with Crippen molar-refractivity contribution in [2.45, 2.75) is 26.3 Å². The van der Waals surface area contributed by atoms with E-state index in [-0.39, 0.29) is 30.2 Å². The molecule has 94 valence electrons. The molecule has 1 rings (SSSR count). The van der Waals surface area contributed by atoms with Gasteiger partial charge in [0.25, 0.3) is 5.91 Å². The van der Waals surface area contributed by atoms with Crippen LogP contribution in [0.15, 0.2) is 22.8 Å². The fraction of sp³-hybridized carbons (Fsp3) is 0.500. The lowest BCUT2D eigenvalue weighted by Crippen LogP contribution is -2.41. The van der Waals surface area contributed by atoms with Gasteiger partial charge in [-0.05, 0) is 25.5 Å². The van der Waals surface area contributed by atoms with Gasteiger partial charge < -0.3 is 14.6 Å². The van der Waals surface area contributed by atoms with Crippen LogP contribution < -0.4 is 5.32 Å². The summed E-state index contributed by atoms with van der Waals surface area (Å²) in [7, 11) is 1.57. The Hall–Kier alpha value is -1.78. The van der Waals surface area contributed by atoms with E-state index >= 15 is 0 Å². The molecule has 0 radical (unpaired) electrons. The Bertz CT molecular complexity index is 373. The maximum Gasteiger partial charge on any atom is 0.289 e. The molecule has 0 aliphatic rings. The van der Waals surface area contributed by atoms with E-state index in [0.717, 1.165) is 6.42 Å². The van der Waals surface area contributed by atoms with Crippen LogP contribution in [0.1, 0.15) is 30.8 Å². The standard InChI is InChI=1S/C12H18N2O3/c1-4-9(2)13-11(15)8-14(3)12(16)10-6-5-7-17-10/h5-7,9H,4,8H2,1-3H3,(H,13,15). The van der Waals surface area contributed by atoms with Crippen LogP contribution in [-0.2, 0) is 4.79 Å². The molecular formula is C12H18N2O3. The molecule has 0 aliphatic heterocycles. The molecule has 1 aromatic rings. The summed E-state index contributed by atoms with van der Waals surface area (Å²) in [6.07, 6.45) is 2.29. The number of nitrogens with one attached hydrogen (secondary N) is 1. The zero-order valence-corrected chi connectivity index (χ0v) is 10.4. The number of rotatable bonds is 5. The number of carbonyl (C=O) groups is 2. The van der Waals surface area contributed by atoms with Gasteiger partial charge in [0.15, 0.2) is 5.76 Å². The van der Waals surface area contributed by atoms with Gasteiger partial charge in [0.05, 0.1) is 12.8 Å². The van der Waals surface area contributed by atoms with Gasteiger partial charge in [0.2, 0.25) is 5.91 Å². The largest absolute Gasteiger partial charge is 0.459 e. The summed E-state index contributed by atoms with van der Waals surface area (Å²) in [6.45, 7) is 3.94. The van der Waals surface area contributed by atoms with Gasteiger partial charge in [-0.1, -0.05) is 6.92 Å². The molecule has 2 amide bonds. The Morgan fingerprint density at radius 2 is 2.24 bits per heavy atom. The van der Waals surface area contributed by atoms with Crippen LogP contribution in [-0.4, -0.2) is 36.3 Å². The third-order valence-corrected chi connectivity index (χ3v) is 2.48. The number of furan rings is 1. The predicted octanol–water partition coefficient (Wildman–Crippen LogP) is 1.27. The fourth-order valence-electron chi connectivity index (χ4n) is 1.30. The van der Waals surface area contributed by atoms with Crippen molar-refractivity contribution in [3.8, 4) is 0 Å². The molecule has 0 saturated heterocycles. The van der Waals surface area contributed by atoms with Gasteiger partial charge in [0, 0.05) is 13.1 Å². The first-order valence-electron chi connectivity index (χ1n) is 5.63. The molecular weight excluding hydrogens is 220 g/mol. The molecule has 1 N–H and O–H groups in total. The zero-order chi connectivity index (χ0) is 12.8. The van der Waals surface area contributed by atoms with Crippen LogP contribution in [0.4, 0.5) is 0 Å². The summed E-state index contributed by atoms with van der Waals surface area (Å²) < 4.78 is 4.98. The van der Waals surface area contributed by atoms with Crippen molar-refractivity contribution in [1.82, 2.24) is 10.2 Å². The van der Waals surface area contributed by atoms with Crippen molar-refractivity contribution in [1.29, 1.82) is 0 Å². The molecule has 0 saturated carbocycles. The molecule has 1 aromatic heterocycles. The van der Waals surface area contributed by atoms with Crippen molar-refractivity contribution in [2.24, 2.45) is 0 Å². The summed E-state index contributed by atoms with van der Waals surface area (Å²) in [4.78, 5) is 24.6. The van der Waals surface area contributed by atoms with Crippen LogP contribution >= 0.6 is 0 Å². The number of amides is 2. The normalized spacial score (nSPS) is 11.9. The van der Waals surface area contributed by atoms with E-state index in [9.17, 15) is 9.59 Å². The highest BCUT2D eigenvalue weighted by molar-refractivity contribution is 5.94. The van der Waals surface area contributed by atoms with Crippen LogP contribution in [0.5, 0.6) is 0 Å². The summed E-state index contributed by atoms with van der Waals surface area (Å²) in [5.74, 6) is -0.222. The second kappa shape index (κ2) is 6.08. The van der Waals surface area contributed by atoms with Crippen LogP contribution in [0, 0.1) is 0 Å². The van der Waals surface area contributed by atoms with Crippen molar-refractivity contribution >= 4 is 11.8 Å². The minimum atomic E-state index is -0.297. The van der Waals surface area contributed by atoms with E-state index < -0.39 is 0 Å². The molecule has 1 atom stereocenters. The van der Waals surface area contributed by atoms with Crippen LogP contribution in [0.3, 0.4) is 0 Å². The summed E-state index contributed by atoms with van der Waals surface area (Å²) in [5.41, 5.74) is 0. The maximum atomic E-state index is 11.7. The number of hydrogen-bond acceptors (Lipinski definition) is 3. The highest BCUT2D eigenvalue weighted by Gasteiger charge is 2.17. The topological polar surface area (TPSA) is 62.6 Å². The second-order valence-corrected chi connectivity index (χ2v) is 4.02. The number of carbonyl (C=O) groups excluding carboxylic acids is 2. The van der Waals surface area contributed by atoms with Gasteiger partial charge in [-0.25, -0.2) is 0 Å². The van der Waals surface area contributed by atoms with E-state index in [2.05, 4.69) is 5.32 Å². The van der Waals surface area contributed by atoms with Gasteiger partial charge in [-0.2, -0.15) is 0 Å². The van der Waals surface area contributed by atoms with Gasteiger partial charge >= 0.3 is 0 Å². The lowest BCUT2D eigenvalue weighted by atomic mass is 10.2. The Morgan fingerprint density at radius 1 is 1.53 bits per heavy atom. The fourth-order valence-corrected chi connectivity index (χ4v) is 1.30. The van der Waals surface area contributed by atoms with Gasteiger partial charge in [0.1, 0.15) is 0 Å². The number of nitrogens with zero attached hydrogens (tertiary/aromatic N) is 1. The van der Waals surface area contributed by atoms with Crippen molar-refractivity contribution in [3.05, 3.63) is 24.2 Å². The summed E-state index contributed by atoms with van der Waals surface area (Å²) in [6, 6.07) is 3.33. The number of hydrogen-bond donors (Lipinski definition) is 1. The molecule has 17 heavy (non-hydrogen) atoms. The second-order valence-electron chi connectivity index (χ2n) is 4.02. The summed E-state index contributed by atoms with van der Waals surface area (Å²) >= 11 is 0. The maximum absolute atomic E-state index is 11.7.